The number of rotatable bonds is 6. The molecule has 0 aliphatic heterocycles. The average Bonchev–Trinajstić information content (AvgIpc) is 3.25. The van der Waals surface area contributed by atoms with Gasteiger partial charge in [0.2, 0.25) is 0 Å². The summed E-state index contributed by atoms with van der Waals surface area (Å²) in [5.74, 6) is -1.35. The number of hydrogen-bond donors (Lipinski definition) is 2. The highest BCUT2D eigenvalue weighted by atomic mass is 35.5. The van der Waals surface area contributed by atoms with E-state index in [-0.39, 0.29) is 23.6 Å². The van der Waals surface area contributed by atoms with Gasteiger partial charge >= 0.3 is 12.1 Å². The quantitative estimate of drug-likeness (QED) is 0.258. The highest BCUT2D eigenvalue weighted by molar-refractivity contribution is 6.31. The summed E-state index contributed by atoms with van der Waals surface area (Å²) in [6, 6.07) is 24.3. The minimum absolute atomic E-state index is 0.0552. The molecule has 2 N–H and O–H groups in total. The number of ether oxygens (including phenoxy) is 1. The van der Waals surface area contributed by atoms with Crippen LogP contribution >= 0.6 is 11.6 Å². The number of carbonyl (C=O) groups excluding carboxylic acids is 2. The molecule has 0 heterocycles. The van der Waals surface area contributed by atoms with Gasteiger partial charge in [0.15, 0.2) is 5.78 Å². The van der Waals surface area contributed by atoms with Gasteiger partial charge in [-0.15, -0.1) is 0 Å². The second kappa shape index (κ2) is 9.68. The van der Waals surface area contributed by atoms with Gasteiger partial charge in [0, 0.05) is 21.7 Å². The van der Waals surface area contributed by atoms with E-state index in [0.717, 1.165) is 22.3 Å². The fourth-order valence-electron chi connectivity index (χ4n) is 4.47. The van der Waals surface area contributed by atoms with Gasteiger partial charge in [-0.3, -0.25) is 10.1 Å². The van der Waals surface area contributed by atoms with E-state index in [4.69, 9.17) is 16.3 Å². The van der Waals surface area contributed by atoms with Gasteiger partial charge in [0.25, 0.3) is 0 Å². The number of anilines is 1. The summed E-state index contributed by atoms with van der Waals surface area (Å²) in [7, 11) is 0. The molecule has 5 rings (SSSR count). The van der Waals surface area contributed by atoms with Crippen molar-refractivity contribution >= 4 is 35.1 Å². The lowest BCUT2D eigenvalue weighted by molar-refractivity contribution is 0.0697. The molecule has 178 valence electrons. The van der Waals surface area contributed by atoms with Crippen molar-refractivity contribution < 1.29 is 24.2 Å². The minimum atomic E-state index is -1.17. The number of carboxylic acids is 1. The first-order valence-electron chi connectivity index (χ1n) is 11.2. The fraction of sp³-hybridized carbons (Fsp3) is 0.0690. The molecule has 0 saturated carbocycles. The number of benzene rings is 4. The van der Waals surface area contributed by atoms with Crippen LogP contribution in [0.25, 0.3) is 11.1 Å². The average molecular weight is 498 g/mol. The van der Waals surface area contributed by atoms with Crippen molar-refractivity contribution in [3.8, 4) is 11.1 Å². The maximum absolute atomic E-state index is 13.7. The van der Waals surface area contributed by atoms with Crippen molar-refractivity contribution in [1.82, 2.24) is 0 Å². The summed E-state index contributed by atoms with van der Waals surface area (Å²) in [6.45, 7) is -0.182. The molecule has 0 unspecified atom stereocenters. The van der Waals surface area contributed by atoms with Crippen LogP contribution in [0.2, 0.25) is 5.02 Å². The summed E-state index contributed by atoms with van der Waals surface area (Å²) in [6.07, 6.45) is -0.157. The summed E-state index contributed by atoms with van der Waals surface area (Å²) in [4.78, 5) is 37.7. The van der Waals surface area contributed by atoms with Gasteiger partial charge in [0.1, 0.15) is 6.61 Å². The molecular weight excluding hydrogens is 478 g/mol. The molecule has 0 saturated heterocycles. The number of para-hydroxylation sites is 1. The third-order valence-electron chi connectivity index (χ3n) is 6.12. The molecule has 0 radical (unpaired) electrons. The first-order valence-corrected chi connectivity index (χ1v) is 11.6. The lowest BCUT2D eigenvalue weighted by Gasteiger charge is -2.16. The number of fused-ring (bicyclic) bond motifs is 3. The molecule has 4 aromatic carbocycles. The minimum Gasteiger partial charge on any atom is -0.478 e. The molecule has 1 amide bonds. The smallest absolute Gasteiger partial charge is 0.411 e. The van der Waals surface area contributed by atoms with Crippen molar-refractivity contribution in [2.24, 2.45) is 0 Å². The van der Waals surface area contributed by atoms with E-state index in [2.05, 4.69) is 5.32 Å². The van der Waals surface area contributed by atoms with Gasteiger partial charge in [-0.1, -0.05) is 72.3 Å². The van der Waals surface area contributed by atoms with Crippen LogP contribution < -0.4 is 5.32 Å². The van der Waals surface area contributed by atoms with E-state index >= 15 is 0 Å². The number of halogens is 1. The van der Waals surface area contributed by atoms with Gasteiger partial charge in [-0.25, -0.2) is 9.59 Å². The van der Waals surface area contributed by atoms with Gasteiger partial charge in [0.05, 0.1) is 11.3 Å². The Bertz CT molecular complexity index is 1510. The second-order valence-corrected chi connectivity index (χ2v) is 8.80. The predicted molar refractivity (Wildman–Crippen MR) is 137 cm³/mol. The van der Waals surface area contributed by atoms with E-state index in [1.807, 2.05) is 30.3 Å². The van der Waals surface area contributed by atoms with E-state index in [9.17, 15) is 19.5 Å². The van der Waals surface area contributed by atoms with Gasteiger partial charge < -0.3 is 9.84 Å². The molecular formula is C29H20ClNO5. The maximum Gasteiger partial charge on any atom is 0.411 e. The van der Waals surface area contributed by atoms with Crippen LogP contribution in [-0.2, 0) is 17.8 Å². The lowest BCUT2D eigenvalue weighted by Crippen LogP contribution is -2.17. The zero-order chi connectivity index (χ0) is 25.2. The summed E-state index contributed by atoms with van der Waals surface area (Å²) < 4.78 is 5.44. The van der Waals surface area contributed by atoms with Crippen LogP contribution in [0, 0.1) is 0 Å². The standard InChI is InChI=1S/C29H20ClNO5/c30-21-13-12-18-14-19-10-11-20(16-36-29(35)31-24-9-5-4-8-22(24)28(33)34)26(25(19)23(18)15-21)27(32)17-6-2-1-3-7-17/h1-13,15H,14,16H2,(H,31,35)(H,33,34). The SMILES string of the molecule is O=C(Nc1ccccc1C(=O)O)OCc1ccc2c(c1C(=O)c1ccccc1)-c1cc(Cl)ccc1C2. The molecule has 0 spiro atoms. The Labute approximate surface area is 212 Å². The highest BCUT2D eigenvalue weighted by Crippen LogP contribution is 2.42. The summed E-state index contributed by atoms with van der Waals surface area (Å²) in [5, 5.41) is 12.4. The van der Waals surface area contributed by atoms with Crippen LogP contribution in [0.1, 0.15) is 43.0 Å². The molecule has 36 heavy (non-hydrogen) atoms. The van der Waals surface area contributed by atoms with E-state index in [1.165, 1.54) is 12.1 Å². The third kappa shape index (κ3) is 4.46. The van der Waals surface area contributed by atoms with Crippen LogP contribution in [0.15, 0.2) is 84.9 Å². The van der Waals surface area contributed by atoms with Crippen molar-refractivity contribution in [3.63, 3.8) is 0 Å². The van der Waals surface area contributed by atoms with E-state index < -0.39 is 12.1 Å². The molecule has 7 heteroatoms. The number of carbonyl (C=O) groups is 3. The van der Waals surface area contributed by atoms with Crippen molar-refractivity contribution in [2.45, 2.75) is 13.0 Å². The topological polar surface area (TPSA) is 92.7 Å². The Hall–Kier alpha value is -4.42. The van der Waals surface area contributed by atoms with Gasteiger partial charge in [-0.2, -0.15) is 0 Å². The molecule has 1 aliphatic rings. The van der Waals surface area contributed by atoms with E-state index in [1.54, 1.807) is 42.5 Å². The van der Waals surface area contributed by atoms with E-state index in [0.29, 0.717) is 28.1 Å². The molecule has 0 fully saturated rings. The molecule has 6 nitrogen and oxygen atoms in total. The Morgan fingerprint density at radius 3 is 2.39 bits per heavy atom. The molecule has 1 aliphatic carbocycles. The van der Waals surface area contributed by atoms with Crippen molar-refractivity contribution in [3.05, 3.63) is 123 Å². The number of amides is 1. The zero-order valence-electron chi connectivity index (χ0n) is 19.0. The van der Waals surface area contributed by atoms with Gasteiger partial charge in [-0.05, 0) is 52.9 Å². The largest absolute Gasteiger partial charge is 0.478 e. The Morgan fingerprint density at radius 1 is 0.889 bits per heavy atom. The first kappa shape index (κ1) is 23.3. The lowest BCUT2D eigenvalue weighted by atomic mass is 9.89. The highest BCUT2D eigenvalue weighted by Gasteiger charge is 2.28. The molecule has 0 aromatic heterocycles. The Morgan fingerprint density at radius 2 is 1.61 bits per heavy atom. The third-order valence-corrected chi connectivity index (χ3v) is 6.35. The summed E-state index contributed by atoms with van der Waals surface area (Å²) in [5.41, 5.74) is 5.32. The second-order valence-electron chi connectivity index (χ2n) is 8.36. The number of nitrogens with one attached hydrogen (secondary N) is 1. The monoisotopic (exact) mass is 497 g/mol. The Kier molecular flexibility index (Phi) is 6.27. The Balaban J connectivity index is 1.50. The number of aromatic carboxylic acids is 1. The first-order chi connectivity index (χ1) is 17.4. The van der Waals surface area contributed by atoms with Crippen LogP contribution in [0.3, 0.4) is 0 Å². The normalized spacial score (nSPS) is 11.4. The van der Waals surface area contributed by atoms with Crippen LogP contribution in [0.4, 0.5) is 10.5 Å². The molecule has 4 aromatic rings. The predicted octanol–water partition coefficient (Wildman–Crippen LogP) is 6.59. The van der Waals surface area contributed by atoms with Crippen molar-refractivity contribution in [1.29, 1.82) is 0 Å². The summed E-state index contributed by atoms with van der Waals surface area (Å²) >= 11 is 6.29. The number of ketones is 1. The zero-order valence-corrected chi connectivity index (χ0v) is 19.7. The number of carboxylic acid groups (broad SMARTS) is 1. The molecule has 0 bridgehead atoms. The van der Waals surface area contributed by atoms with Crippen LogP contribution in [0.5, 0.6) is 0 Å². The number of hydrogen-bond acceptors (Lipinski definition) is 4. The molecule has 0 atom stereocenters. The van der Waals surface area contributed by atoms with Crippen molar-refractivity contribution in [2.75, 3.05) is 5.32 Å². The van der Waals surface area contributed by atoms with Crippen LogP contribution in [-0.4, -0.2) is 23.0 Å². The maximum atomic E-state index is 13.7. The fourth-order valence-corrected chi connectivity index (χ4v) is 4.64.